The molecule has 1 aromatic rings. The third kappa shape index (κ3) is 5.06. The smallest absolute Gasteiger partial charge is 0.340 e. The van der Waals surface area contributed by atoms with E-state index in [9.17, 15) is 14.0 Å². The number of hydrogen-bond acceptors (Lipinski definition) is 3. The van der Waals surface area contributed by atoms with Gasteiger partial charge in [0.2, 0.25) is 0 Å². The fourth-order valence-electron chi connectivity index (χ4n) is 4.03. The molecule has 1 aliphatic rings. The van der Waals surface area contributed by atoms with E-state index in [1.807, 2.05) is 0 Å². The number of aryl methyl sites for hydroxylation is 1. The molecule has 1 atom stereocenters. The van der Waals surface area contributed by atoms with Crippen LogP contribution in [0.2, 0.25) is 0 Å². The maximum absolute atomic E-state index is 13.9. The summed E-state index contributed by atoms with van der Waals surface area (Å²) in [4.78, 5) is 25.5. The van der Waals surface area contributed by atoms with Crippen molar-refractivity contribution in [2.24, 2.45) is 0 Å². The predicted molar refractivity (Wildman–Crippen MR) is 104 cm³/mol. The number of halogens is 1. The molecule has 0 spiro atoms. The minimum atomic E-state index is -0.624. The summed E-state index contributed by atoms with van der Waals surface area (Å²) in [5, 5.41) is 2.93. The monoisotopic (exact) mass is 379 g/mol. The van der Waals surface area contributed by atoms with Crippen molar-refractivity contribution >= 4 is 17.6 Å². The van der Waals surface area contributed by atoms with Crippen molar-refractivity contribution in [3.63, 3.8) is 0 Å². The fraction of sp³-hybridized carbons (Fsp3) is 0.619. The van der Waals surface area contributed by atoms with Crippen LogP contribution < -0.4 is 5.32 Å². The Hall–Kier alpha value is -1.95. The van der Waals surface area contributed by atoms with Crippen LogP contribution in [0.4, 0.5) is 10.1 Å². The van der Waals surface area contributed by atoms with E-state index in [0.29, 0.717) is 15.7 Å². The number of nitrogens with zero attached hydrogens (tertiary/aromatic N) is 1. The van der Waals surface area contributed by atoms with Gasteiger partial charge in [0.05, 0.1) is 38.0 Å². The first-order valence-corrected chi connectivity index (χ1v) is 9.94. The van der Waals surface area contributed by atoms with Gasteiger partial charge < -0.3 is 14.5 Å². The van der Waals surface area contributed by atoms with E-state index < -0.39 is 11.8 Å². The number of piperidine rings is 1. The Morgan fingerprint density at radius 3 is 2.48 bits per heavy atom. The van der Waals surface area contributed by atoms with Gasteiger partial charge in [-0.25, -0.2) is 9.18 Å². The molecule has 150 valence electrons. The summed E-state index contributed by atoms with van der Waals surface area (Å²) >= 11 is 0. The number of anilines is 1. The molecule has 5 nitrogen and oxygen atoms in total. The van der Waals surface area contributed by atoms with Crippen LogP contribution in [0.3, 0.4) is 0 Å². The van der Waals surface area contributed by atoms with Crippen LogP contribution in [-0.4, -0.2) is 49.1 Å². The number of ether oxygens (including phenoxy) is 1. The lowest BCUT2D eigenvalue weighted by Crippen LogP contribution is -2.59. The van der Waals surface area contributed by atoms with Crippen LogP contribution in [0.5, 0.6) is 0 Å². The van der Waals surface area contributed by atoms with Crippen molar-refractivity contribution in [1.82, 2.24) is 0 Å². The highest BCUT2D eigenvalue weighted by Crippen LogP contribution is 2.27. The number of nitrogens with one attached hydrogen (secondary N) is 1. The van der Waals surface area contributed by atoms with Crippen LogP contribution in [0.15, 0.2) is 12.1 Å². The lowest BCUT2D eigenvalue weighted by atomic mass is 10.00. The highest BCUT2D eigenvalue weighted by Gasteiger charge is 2.39. The first-order valence-electron chi connectivity index (χ1n) is 9.94. The van der Waals surface area contributed by atoms with E-state index in [1.54, 1.807) is 13.8 Å². The molecule has 27 heavy (non-hydrogen) atoms. The summed E-state index contributed by atoms with van der Waals surface area (Å²) in [6.07, 6.45) is 5.12. The van der Waals surface area contributed by atoms with E-state index >= 15 is 0 Å². The zero-order chi connectivity index (χ0) is 20.0. The molecule has 1 fully saturated rings. The number of amides is 1. The number of likely N-dealkylation sites (N-methyl/N-ethyl adjacent to an activating group) is 1. The topological polar surface area (TPSA) is 55.4 Å². The van der Waals surface area contributed by atoms with E-state index in [-0.39, 0.29) is 24.1 Å². The molecule has 0 aromatic heterocycles. The minimum absolute atomic E-state index is 0.0687. The molecule has 0 saturated carbocycles. The average Bonchev–Trinajstić information content (AvgIpc) is 2.62. The van der Waals surface area contributed by atoms with E-state index in [4.69, 9.17) is 4.74 Å². The first-order chi connectivity index (χ1) is 12.8. The largest absolute Gasteiger partial charge is 0.462 e. The predicted octanol–water partition coefficient (Wildman–Crippen LogP) is 4.05. The van der Waals surface area contributed by atoms with Gasteiger partial charge in [0.1, 0.15) is 5.82 Å². The second-order valence-electron chi connectivity index (χ2n) is 7.65. The molecule has 6 heteroatoms. The number of esters is 1. The number of quaternary nitrogens is 1. The highest BCUT2D eigenvalue weighted by molar-refractivity contribution is 6.03. The van der Waals surface area contributed by atoms with Gasteiger partial charge >= 0.3 is 5.97 Å². The van der Waals surface area contributed by atoms with Gasteiger partial charge in [0.25, 0.3) is 5.91 Å². The van der Waals surface area contributed by atoms with Gasteiger partial charge in [-0.3, -0.25) is 4.79 Å². The molecule has 0 bridgehead atoms. The quantitative estimate of drug-likeness (QED) is 0.574. The van der Waals surface area contributed by atoms with E-state index in [1.165, 1.54) is 12.5 Å². The summed E-state index contributed by atoms with van der Waals surface area (Å²) in [6, 6.07) is 2.27. The summed E-state index contributed by atoms with van der Waals surface area (Å²) < 4.78 is 19.6. The maximum atomic E-state index is 13.9. The van der Waals surface area contributed by atoms with Gasteiger partial charge in [-0.15, -0.1) is 0 Å². The molecule has 1 N–H and O–H groups in total. The standard InChI is InChI=1S/C21H31FN2O3/c1-5-10-18(24(4)11-8-7-9-12-24)20(25)23-19-15(3)13-16(22)14-17(19)21(26)27-6-2/h13-14,18H,5-12H2,1-4H3/p+1. The first kappa shape index (κ1) is 21.4. The van der Waals surface area contributed by atoms with Crippen molar-refractivity contribution in [2.75, 3.05) is 32.1 Å². The molecule has 0 radical (unpaired) electrons. The zero-order valence-electron chi connectivity index (χ0n) is 16.9. The molecule has 2 rings (SSSR count). The number of rotatable bonds is 7. The third-order valence-corrected chi connectivity index (χ3v) is 5.50. The Morgan fingerprint density at radius 2 is 1.89 bits per heavy atom. The normalized spacial score (nSPS) is 17.2. The highest BCUT2D eigenvalue weighted by atomic mass is 19.1. The molecule has 1 aliphatic heterocycles. The minimum Gasteiger partial charge on any atom is -0.462 e. The van der Waals surface area contributed by atoms with E-state index in [2.05, 4.69) is 19.3 Å². The second-order valence-corrected chi connectivity index (χ2v) is 7.65. The Kier molecular flexibility index (Phi) is 7.36. The summed E-state index contributed by atoms with van der Waals surface area (Å²) in [5.74, 6) is -1.25. The summed E-state index contributed by atoms with van der Waals surface area (Å²) in [5.41, 5.74) is 0.937. The second kappa shape index (κ2) is 9.31. The van der Waals surface area contributed by atoms with Gasteiger partial charge in [-0.1, -0.05) is 6.92 Å². The molecule has 1 aromatic carbocycles. The van der Waals surface area contributed by atoms with Crippen molar-refractivity contribution in [2.45, 2.75) is 58.9 Å². The SMILES string of the molecule is CCCC(C(=O)Nc1c(C)cc(F)cc1C(=O)OCC)[N+]1(C)CCCCC1. The van der Waals surface area contributed by atoms with Crippen LogP contribution in [0, 0.1) is 12.7 Å². The van der Waals surface area contributed by atoms with Crippen LogP contribution in [-0.2, 0) is 9.53 Å². The van der Waals surface area contributed by atoms with Gasteiger partial charge in [-0.05, 0) is 57.2 Å². The fourth-order valence-corrected chi connectivity index (χ4v) is 4.03. The average molecular weight is 379 g/mol. The van der Waals surface area contributed by atoms with Gasteiger partial charge in [0, 0.05) is 6.42 Å². The van der Waals surface area contributed by atoms with Crippen molar-refractivity contribution < 1.29 is 23.2 Å². The third-order valence-electron chi connectivity index (χ3n) is 5.50. The zero-order valence-corrected chi connectivity index (χ0v) is 16.9. The molecular formula is C21H32FN2O3+. The van der Waals surface area contributed by atoms with Crippen LogP contribution in [0.1, 0.15) is 61.9 Å². The number of carbonyl (C=O) groups is 2. The number of likely N-dealkylation sites (tertiary alicyclic amines) is 1. The Balaban J connectivity index is 2.33. The lowest BCUT2D eigenvalue weighted by molar-refractivity contribution is -0.929. The van der Waals surface area contributed by atoms with Crippen LogP contribution >= 0.6 is 0 Å². The van der Waals surface area contributed by atoms with E-state index in [0.717, 1.165) is 44.8 Å². The molecule has 1 amide bonds. The number of benzene rings is 1. The van der Waals surface area contributed by atoms with Gasteiger partial charge in [-0.2, -0.15) is 0 Å². The summed E-state index contributed by atoms with van der Waals surface area (Å²) in [6.45, 7) is 7.60. The van der Waals surface area contributed by atoms with Crippen molar-refractivity contribution in [3.8, 4) is 0 Å². The molecule has 1 heterocycles. The molecule has 0 aliphatic carbocycles. The van der Waals surface area contributed by atoms with Crippen molar-refractivity contribution in [1.29, 1.82) is 0 Å². The van der Waals surface area contributed by atoms with Crippen LogP contribution in [0.25, 0.3) is 0 Å². The molecule has 1 saturated heterocycles. The molecule has 1 unspecified atom stereocenters. The Bertz CT molecular complexity index is 684. The Morgan fingerprint density at radius 1 is 1.22 bits per heavy atom. The number of hydrogen-bond donors (Lipinski definition) is 1. The van der Waals surface area contributed by atoms with Gasteiger partial charge in [0.15, 0.2) is 6.04 Å². The maximum Gasteiger partial charge on any atom is 0.340 e. The summed E-state index contributed by atoms with van der Waals surface area (Å²) in [7, 11) is 2.14. The molecular weight excluding hydrogens is 347 g/mol. The van der Waals surface area contributed by atoms with Crippen molar-refractivity contribution in [3.05, 3.63) is 29.1 Å². The Labute approximate surface area is 161 Å². The lowest BCUT2D eigenvalue weighted by Gasteiger charge is -2.43. The number of carbonyl (C=O) groups excluding carboxylic acids is 2.